The van der Waals surface area contributed by atoms with E-state index in [-0.39, 0.29) is 24.2 Å². The van der Waals surface area contributed by atoms with Gasteiger partial charge < -0.3 is 20.1 Å². The van der Waals surface area contributed by atoms with E-state index in [1.165, 1.54) is 0 Å². The first-order valence-electron chi connectivity index (χ1n) is 7.67. The fourth-order valence-electron chi connectivity index (χ4n) is 3.07. The maximum absolute atomic E-state index is 10.8. The van der Waals surface area contributed by atoms with Crippen LogP contribution in [0.25, 0.3) is 0 Å². The predicted molar refractivity (Wildman–Crippen MR) is 78.2 cm³/mol. The molecule has 0 unspecified atom stereocenters. The van der Waals surface area contributed by atoms with Crippen molar-refractivity contribution in [2.45, 2.75) is 64.1 Å². The molecule has 0 aromatic heterocycles. The molecule has 4 nitrogen and oxygen atoms in total. The van der Waals surface area contributed by atoms with Crippen LogP contribution < -0.4 is 0 Å². The minimum absolute atomic E-state index is 0.0824. The zero-order chi connectivity index (χ0) is 15.0. The molecular formula is C16H28O4. The third-order valence-corrected chi connectivity index (χ3v) is 4.19. The van der Waals surface area contributed by atoms with Crippen LogP contribution in [0.4, 0.5) is 0 Å². The molecule has 0 aliphatic heterocycles. The van der Waals surface area contributed by atoms with Crippen LogP contribution >= 0.6 is 0 Å². The standard InChI is InChI=1S/C16H28O4/c1-12(18)7-4-2-3-5-8-13-14(9-6-10-17)16(20)11-15(13)19/h3,5,13-17,19-20H,2,4,6-11H2,1H3/b5-3-/t13-,14-,15+,16-/m1/s1. The number of Topliss-reactive ketones (excluding diaryl/α,β-unsaturated/α-hetero) is 1. The van der Waals surface area contributed by atoms with E-state index < -0.39 is 12.2 Å². The Morgan fingerprint density at radius 3 is 2.50 bits per heavy atom. The van der Waals surface area contributed by atoms with Crippen molar-refractivity contribution in [2.75, 3.05) is 6.61 Å². The Morgan fingerprint density at radius 2 is 1.85 bits per heavy atom. The molecule has 20 heavy (non-hydrogen) atoms. The van der Waals surface area contributed by atoms with E-state index >= 15 is 0 Å². The maximum Gasteiger partial charge on any atom is 0.129 e. The molecule has 0 amide bonds. The van der Waals surface area contributed by atoms with Crippen molar-refractivity contribution in [3.63, 3.8) is 0 Å². The SMILES string of the molecule is CC(=O)CCC/C=C\C[C@@H]1[C@@H](CCCO)[C@H](O)C[C@@H]1O. The molecule has 1 aliphatic rings. The molecule has 1 fully saturated rings. The molecule has 0 spiro atoms. The number of unbranched alkanes of at least 4 members (excludes halogenated alkanes) is 1. The lowest BCUT2D eigenvalue weighted by atomic mass is 9.87. The molecule has 3 N–H and O–H groups in total. The molecule has 1 rings (SSSR count). The lowest BCUT2D eigenvalue weighted by Crippen LogP contribution is -2.22. The molecule has 1 saturated carbocycles. The van der Waals surface area contributed by atoms with Gasteiger partial charge in [0, 0.05) is 13.0 Å². The summed E-state index contributed by atoms with van der Waals surface area (Å²) in [6, 6.07) is 0. The van der Waals surface area contributed by atoms with E-state index in [4.69, 9.17) is 5.11 Å². The molecule has 0 saturated heterocycles. The fraction of sp³-hybridized carbons (Fsp3) is 0.812. The van der Waals surface area contributed by atoms with E-state index in [0.29, 0.717) is 19.3 Å². The average molecular weight is 284 g/mol. The third kappa shape index (κ3) is 5.73. The number of carbonyl (C=O) groups excluding carboxylic acids is 1. The van der Waals surface area contributed by atoms with Crippen molar-refractivity contribution >= 4 is 5.78 Å². The van der Waals surface area contributed by atoms with Crippen molar-refractivity contribution in [1.82, 2.24) is 0 Å². The smallest absolute Gasteiger partial charge is 0.129 e. The Labute approximate surface area is 121 Å². The summed E-state index contributed by atoms with van der Waals surface area (Å²) in [5, 5.41) is 28.9. The molecule has 116 valence electrons. The highest BCUT2D eigenvalue weighted by Crippen LogP contribution is 2.38. The van der Waals surface area contributed by atoms with Crippen molar-refractivity contribution in [1.29, 1.82) is 0 Å². The minimum Gasteiger partial charge on any atom is -0.396 e. The zero-order valence-electron chi connectivity index (χ0n) is 12.4. The fourth-order valence-corrected chi connectivity index (χ4v) is 3.07. The second-order valence-corrected chi connectivity index (χ2v) is 5.87. The lowest BCUT2D eigenvalue weighted by molar-refractivity contribution is -0.117. The maximum atomic E-state index is 10.8. The summed E-state index contributed by atoms with van der Waals surface area (Å²) in [5.41, 5.74) is 0. The normalized spacial score (nSPS) is 30.2. The number of allylic oxidation sites excluding steroid dienone is 2. The van der Waals surface area contributed by atoms with Gasteiger partial charge in [0.2, 0.25) is 0 Å². The number of aliphatic hydroxyl groups is 3. The molecular weight excluding hydrogens is 256 g/mol. The number of hydrogen-bond acceptors (Lipinski definition) is 4. The van der Waals surface area contributed by atoms with Gasteiger partial charge in [0.1, 0.15) is 5.78 Å². The number of ketones is 1. The predicted octanol–water partition coefficient (Wildman–Crippen LogP) is 1.82. The lowest BCUT2D eigenvalue weighted by Gasteiger charge is -2.22. The molecule has 0 aromatic rings. The van der Waals surface area contributed by atoms with E-state index in [1.807, 2.05) is 0 Å². The van der Waals surface area contributed by atoms with Crippen LogP contribution in [0.5, 0.6) is 0 Å². The summed E-state index contributed by atoms with van der Waals surface area (Å²) in [6.45, 7) is 1.73. The van der Waals surface area contributed by atoms with Crippen LogP contribution in [0, 0.1) is 11.8 Å². The average Bonchev–Trinajstić information content (AvgIpc) is 2.65. The van der Waals surface area contributed by atoms with E-state index in [9.17, 15) is 15.0 Å². The van der Waals surface area contributed by atoms with E-state index in [1.54, 1.807) is 6.92 Å². The highest BCUT2D eigenvalue weighted by molar-refractivity contribution is 5.75. The summed E-state index contributed by atoms with van der Waals surface area (Å²) >= 11 is 0. The van der Waals surface area contributed by atoms with Crippen molar-refractivity contribution in [2.24, 2.45) is 11.8 Å². The second kappa shape index (κ2) is 9.27. The van der Waals surface area contributed by atoms with Gasteiger partial charge in [-0.25, -0.2) is 0 Å². The van der Waals surface area contributed by atoms with Crippen molar-refractivity contribution in [3.05, 3.63) is 12.2 Å². The molecule has 0 heterocycles. The van der Waals surface area contributed by atoms with Crippen molar-refractivity contribution < 1.29 is 20.1 Å². The Balaban J connectivity index is 2.35. The Bertz CT molecular complexity index is 314. The van der Waals surface area contributed by atoms with E-state index in [2.05, 4.69) is 12.2 Å². The largest absolute Gasteiger partial charge is 0.396 e. The van der Waals surface area contributed by atoms with Crippen LogP contribution in [0.1, 0.15) is 51.9 Å². The monoisotopic (exact) mass is 284 g/mol. The van der Waals surface area contributed by atoms with Crippen LogP contribution in [0.2, 0.25) is 0 Å². The molecule has 0 aromatic carbocycles. The van der Waals surface area contributed by atoms with Gasteiger partial charge in [-0.3, -0.25) is 0 Å². The Hall–Kier alpha value is -0.710. The van der Waals surface area contributed by atoms with Gasteiger partial charge in [-0.1, -0.05) is 12.2 Å². The highest BCUT2D eigenvalue weighted by Gasteiger charge is 2.40. The van der Waals surface area contributed by atoms with E-state index in [0.717, 1.165) is 25.7 Å². The topological polar surface area (TPSA) is 77.8 Å². The van der Waals surface area contributed by atoms with Crippen LogP contribution in [0.3, 0.4) is 0 Å². The number of rotatable bonds is 9. The van der Waals surface area contributed by atoms with Gasteiger partial charge >= 0.3 is 0 Å². The summed E-state index contributed by atoms with van der Waals surface area (Å²) in [5.74, 6) is 0.386. The first-order valence-corrected chi connectivity index (χ1v) is 7.67. The first kappa shape index (κ1) is 17.3. The van der Waals surface area contributed by atoms with Crippen LogP contribution in [-0.4, -0.2) is 39.9 Å². The summed E-state index contributed by atoms with van der Waals surface area (Å²) in [6.07, 6.45) is 8.22. The van der Waals surface area contributed by atoms with Gasteiger partial charge in [-0.05, 0) is 57.3 Å². The summed E-state index contributed by atoms with van der Waals surface area (Å²) < 4.78 is 0. The Kier molecular flexibility index (Phi) is 8.04. The van der Waals surface area contributed by atoms with Gasteiger partial charge in [-0.2, -0.15) is 0 Å². The third-order valence-electron chi connectivity index (χ3n) is 4.19. The molecule has 0 bridgehead atoms. The van der Waals surface area contributed by atoms with Gasteiger partial charge in [0.05, 0.1) is 12.2 Å². The Morgan fingerprint density at radius 1 is 1.15 bits per heavy atom. The number of hydrogen-bond donors (Lipinski definition) is 3. The number of aliphatic hydroxyl groups excluding tert-OH is 3. The molecule has 4 atom stereocenters. The van der Waals surface area contributed by atoms with Gasteiger partial charge in [-0.15, -0.1) is 0 Å². The van der Waals surface area contributed by atoms with Crippen LogP contribution in [-0.2, 0) is 4.79 Å². The first-order chi connectivity index (χ1) is 9.56. The summed E-state index contributed by atoms with van der Waals surface area (Å²) in [4.78, 5) is 10.8. The summed E-state index contributed by atoms with van der Waals surface area (Å²) in [7, 11) is 0. The minimum atomic E-state index is -0.451. The van der Waals surface area contributed by atoms with Gasteiger partial charge in [0.15, 0.2) is 0 Å². The van der Waals surface area contributed by atoms with Crippen LogP contribution in [0.15, 0.2) is 12.2 Å². The molecule has 4 heteroatoms. The number of carbonyl (C=O) groups is 1. The second-order valence-electron chi connectivity index (χ2n) is 5.87. The quantitative estimate of drug-likeness (QED) is 0.446. The molecule has 1 aliphatic carbocycles. The molecule has 0 radical (unpaired) electrons. The zero-order valence-corrected chi connectivity index (χ0v) is 12.4. The highest BCUT2D eigenvalue weighted by atomic mass is 16.3. The van der Waals surface area contributed by atoms with Crippen molar-refractivity contribution in [3.8, 4) is 0 Å². The van der Waals surface area contributed by atoms with Gasteiger partial charge in [0.25, 0.3) is 0 Å².